The van der Waals surface area contributed by atoms with E-state index in [9.17, 15) is 4.79 Å². The molecule has 0 N–H and O–H groups in total. The Morgan fingerprint density at radius 2 is 1.92 bits per heavy atom. The Labute approximate surface area is 157 Å². The largest absolute Gasteiger partial charge is 0.353 e. The highest BCUT2D eigenvalue weighted by atomic mass is 16.2. The molecular weight excluding hydrogens is 322 g/mol. The van der Waals surface area contributed by atoms with Crippen LogP contribution in [-0.4, -0.2) is 42.0 Å². The average Bonchev–Trinajstić information content (AvgIpc) is 2.78. The van der Waals surface area contributed by atoms with Crippen LogP contribution in [0.25, 0.3) is 0 Å². The smallest absolute Gasteiger partial charge is 0.228 e. The Morgan fingerprint density at radius 1 is 1.12 bits per heavy atom. The van der Waals surface area contributed by atoms with Crippen LogP contribution in [0.1, 0.15) is 52.4 Å². The Balaban J connectivity index is 1.32. The molecule has 4 aliphatic rings. The van der Waals surface area contributed by atoms with Crippen LogP contribution in [-0.2, 0) is 4.79 Å². The SMILES string of the molecule is CC12CCC3CC(C(=O)N4CCN(c5ccccn5)CC4)(C1)CC3(C)C2. The van der Waals surface area contributed by atoms with Gasteiger partial charge in [0.25, 0.3) is 0 Å². The molecule has 2 heterocycles. The molecule has 3 saturated carbocycles. The highest BCUT2D eigenvalue weighted by Gasteiger charge is 2.65. The van der Waals surface area contributed by atoms with Gasteiger partial charge in [0.05, 0.1) is 5.41 Å². The van der Waals surface area contributed by atoms with Crippen LogP contribution in [0.3, 0.4) is 0 Å². The highest BCUT2D eigenvalue weighted by Crippen LogP contribution is 2.71. The lowest BCUT2D eigenvalue weighted by atomic mass is 9.53. The third kappa shape index (κ3) is 2.40. The van der Waals surface area contributed by atoms with E-state index in [-0.39, 0.29) is 5.41 Å². The molecule has 1 aromatic heterocycles. The minimum atomic E-state index is -0.0594. The van der Waals surface area contributed by atoms with E-state index in [0.29, 0.717) is 16.7 Å². The van der Waals surface area contributed by atoms with Crippen LogP contribution in [0.4, 0.5) is 5.82 Å². The zero-order valence-electron chi connectivity index (χ0n) is 16.2. The van der Waals surface area contributed by atoms with Crippen molar-refractivity contribution >= 4 is 11.7 Å². The fourth-order valence-corrected chi connectivity index (χ4v) is 7.31. The second kappa shape index (κ2) is 5.46. The van der Waals surface area contributed by atoms with Gasteiger partial charge < -0.3 is 9.80 Å². The third-order valence-corrected chi connectivity index (χ3v) is 8.05. The van der Waals surface area contributed by atoms with E-state index in [1.807, 2.05) is 18.3 Å². The average molecular weight is 354 g/mol. The lowest BCUT2D eigenvalue weighted by Crippen LogP contribution is -2.55. The molecule has 4 unspecified atom stereocenters. The van der Waals surface area contributed by atoms with Crippen molar-refractivity contribution < 1.29 is 4.79 Å². The molecule has 1 amide bonds. The van der Waals surface area contributed by atoms with Crippen molar-refractivity contribution in [3.8, 4) is 0 Å². The van der Waals surface area contributed by atoms with E-state index in [2.05, 4.69) is 34.7 Å². The van der Waals surface area contributed by atoms with Gasteiger partial charge in [-0.2, -0.15) is 0 Å². The molecular formula is C22H31N3O. The maximum Gasteiger partial charge on any atom is 0.228 e. The molecule has 1 aliphatic heterocycles. The maximum atomic E-state index is 13.7. The fraction of sp³-hybridized carbons (Fsp3) is 0.727. The van der Waals surface area contributed by atoms with Gasteiger partial charge in [0.2, 0.25) is 5.91 Å². The van der Waals surface area contributed by atoms with Gasteiger partial charge >= 0.3 is 0 Å². The molecule has 3 bridgehead atoms. The number of rotatable bonds is 2. The van der Waals surface area contributed by atoms with Crippen LogP contribution in [0.2, 0.25) is 0 Å². The number of hydrogen-bond acceptors (Lipinski definition) is 3. The number of piperazine rings is 1. The second-order valence-electron chi connectivity index (χ2n) is 10.2. The third-order valence-electron chi connectivity index (χ3n) is 8.05. The summed E-state index contributed by atoms with van der Waals surface area (Å²) in [7, 11) is 0. The summed E-state index contributed by atoms with van der Waals surface area (Å²) in [6, 6.07) is 6.06. The summed E-state index contributed by atoms with van der Waals surface area (Å²) in [5.74, 6) is 2.28. The number of aromatic nitrogens is 1. The first kappa shape index (κ1) is 16.6. The van der Waals surface area contributed by atoms with Gasteiger partial charge in [0.1, 0.15) is 5.82 Å². The first-order valence-electron chi connectivity index (χ1n) is 10.4. The van der Waals surface area contributed by atoms with E-state index in [1.54, 1.807) is 0 Å². The molecule has 5 rings (SSSR count). The van der Waals surface area contributed by atoms with Gasteiger partial charge in [0.15, 0.2) is 0 Å². The summed E-state index contributed by atoms with van der Waals surface area (Å²) in [6.07, 6.45) is 9.28. The van der Waals surface area contributed by atoms with Crippen LogP contribution in [0.15, 0.2) is 24.4 Å². The predicted molar refractivity (Wildman–Crippen MR) is 103 cm³/mol. The number of carbonyl (C=O) groups is 1. The minimum Gasteiger partial charge on any atom is -0.353 e. The van der Waals surface area contributed by atoms with Gasteiger partial charge in [-0.1, -0.05) is 19.9 Å². The summed E-state index contributed by atoms with van der Waals surface area (Å²) in [4.78, 5) is 22.6. The van der Waals surface area contributed by atoms with Crippen molar-refractivity contribution in [1.82, 2.24) is 9.88 Å². The number of amides is 1. The number of pyridine rings is 1. The molecule has 1 saturated heterocycles. The normalized spacial score (nSPS) is 41.5. The summed E-state index contributed by atoms with van der Waals surface area (Å²) in [5, 5.41) is 0. The zero-order chi connectivity index (χ0) is 18.0. The molecule has 0 radical (unpaired) electrons. The van der Waals surface area contributed by atoms with Crippen molar-refractivity contribution in [2.24, 2.45) is 22.2 Å². The van der Waals surface area contributed by atoms with E-state index >= 15 is 0 Å². The molecule has 0 aromatic carbocycles. The Kier molecular flexibility index (Phi) is 3.48. The van der Waals surface area contributed by atoms with Crippen molar-refractivity contribution in [3.63, 3.8) is 0 Å². The Hall–Kier alpha value is -1.58. The van der Waals surface area contributed by atoms with Gasteiger partial charge in [-0.25, -0.2) is 4.98 Å². The molecule has 3 aliphatic carbocycles. The summed E-state index contributed by atoms with van der Waals surface area (Å²) >= 11 is 0. The monoisotopic (exact) mass is 353 g/mol. The molecule has 4 heteroatoms. The number of carbonyl (C=O) groups excluding carboxylic acids is 1. The van der Waals surface area contributed by atoms with Crippen molar-refractivity contribution in [1.29, 1.82) is 0 Å². The van der Waals surface area contributed by atoms with Crippen LogP contribution >= 0.6 is 0 Å². The molecule has 140 valence electrons. The number of fused-ring (bicyclic) bond motifs is 2. The Bertz CT molecular complexity index is 713. The minimum absolute atomic E-state index is 0.0594. The molecule has 1 aromatic rings. The standard InChI is InChI=1S/C22H31N3O/c1-20-7-6-17-13-22(15-20,16-21(17,2)14-20)19(26)25-11-9-24(10-12-25)18-5-3-4-8-23-18/h3-5,8,17H,6-7,9-16H2,1-2H3. The van der Waals surface area contributed by atoms with Gasteiger partial charge in [-0.15, -0.1) is 0 Å². The van der Waals surface area contributed by atoms with Gasteiger partial charge in [0, 0.05) is 32.4 Å². The van der Waals surface area contributed by atoms with Crippen LogP contribution < -0.4 is 4.90 Å². The van der Waals surface area contributed by atoms with Crippen molar-refractivity contribution in [3.05, 3.63) is 24.4 Å². The Morgan fingerprint density at radius 3 is 2.65 bits per heavy atom. The molecule has 4 nitrogen and oxygen atoms in total. The van der Waals surface area contributed by atoms with E-state index < -0.39 is 0 Å². The summed E-state index contributed by atoms with van der Waals surface area (Å²) < 4.78 is 0. The molecule has 4 fully saturated rings. The molecule has 4 atom stereocenters. The van der Waals surface area contributed by atoms with Crippen molar-refractivity contribution in [2.45, 2.75) is 52.4 Å². The first-order valence-corrected chi connectivity index (χ1v) is 10.4. The lowest BCUT2D eigenvalue weighted by molar-refractivity contribution is -0.148. The van der Waals surface area contributed by atoms with E-state index in [1.165, 1.54) is 19.3 Å². The van der Waals surface area contributed by atoms with Crippen molar-refractivity contribution in [2.75, 3.05) is 31.1 Å². The predicted octanol–water partition coefficient (Wildman–Crippen LogP) is 3.73. The highest BCUT2D eigenvalue weighted by molar-refractivity contribution is 5.84. The quantitative estimate of drug-likeness (QED) is 0.813. The zero-order valence-corrected chi connectivity index (χ0v) is 16.2. The summed E-state index contributed by atoms with van der Waals surface area (Å²) in [6.45, 7) is 8.41. The molecule has 0 spiro atoms. The molecule has 26 heavy (non-hydrogen) atoms. The fourth-order valence-electron chi connectivity index (χ4n) is 7.31. The maximum absolute atomic E-state index is 13.7. The number of nitrogens with zero attached hydrogens (tertiary/aromatic N) is 3. The van der Waals surface area contributed by atoms with E-state index in [0.717, 1.165) is 57.2 Å². The van der Waals surface area contributed by atoms with E-state index in [4.69, 9.17) is 0 Å². The first-order chi connectivity index (χ1) is 12.4. The van der Waals surface area contributed by atoms with Gasteiger partial charge in [-0.3, -0.25) is 4.79 Å². The van der Waals surface area contributed by atoms with Crippen LogP contribution in [0.5, 0.6) is 0 Å². The number of anilines is 1. The van der Waals surface area contributed by atoms with Crippen LogP contribution in [0, 0.1) is 22.2 Å². The topological polar surface area (TPSA) is 36.4 Å². The summed E-state index contributed by atoms with van der Waals surface area (Å²) in [5.41, 5.74) is 0.748. The lowest BCUT2D eigenvalue weighted by Gasteiger charge is -2.52. The number of hydrogen-bond donors (Lipinski definition) is 0. The van der Waals surface area contributed by atoms with Gasteiger partial charge in [-0.05, 0) is 67.4 Å². The second-order valence-corrected chi connectivity index (χ2v) is 10.2.